The third-order valence-corrected chi connectivity index (χ3v) is 4.19. The second-order valence-corrected chi connectivity index (χ2v) is 6.44. The van der Waals surface area contributed by atoms with E-state index >= 15 is 0 Å². The van der Waals surface area contributed by atoms with E-state index in [2.05, 4.69) is 10.4 Å². The fourth-order valence-corrected chi connectivity index (χ4v) is 2.71. The van der Waals surface area contributed by atoms with Crippen LogP contribution in [0.2, 0.25) is 5.02 Å². The molecule has 0 atom stereocenters. The lowest BCUT2D eigenvalue weighted by molar-refractivity contribution is -0.384. The molecule has 1 heterocycles. The van der Waals surface area contributed by atoms with Gasteiger partial charge in [-0.15, -0.1) is 0 Å². The van der Waals surface area contributed by atoms with Crippen LogP contribution in [-0.2, 0) is 6.18 Å². The van der Waals surface area contributed by atoms with Crippen LogP contribution in [0.1, 0.15) is 21.7 Å². The number of nitro groups is 1. The topological polar surface area (TPSA) is 90.1 Å². The number of anilines is 1. The second kappa shape index (κ2) is 7.55. The third-order valence-electron chi connectivity index (χ3n) is 3.94. The van der Waals surface area contributed by atoms with Crippen LogP contribution in [0.4, 0.5) is 24.5 Å². The third kappa shape index (κ3) is 4.37. The molecule has 3 rings (SSSR count). The number of nitro benzene ring substituents is 1. The predicted molar refractivity (Wildman–Crippen MR) is 99.4 cm³/mol. The highest BCUT2D eigenvalue weighted by Gasteiger charge is 2.35. The van der Waals surface area contributed by atoms with E-state index in [1.807, 2.05) is 0 Å². The Bertz CT molecular complexity index is 1090. The lowest BCUT2D eigenvalue weighted by atomic mass is 10.1. The van der Waals surface area contributed by atoms with E-state index in [4.69, 9.17) is 11.6 Å². The molecule has 3 aromatic rings. The van der Waals surface area contributed by atoms with Crippen molar-refractivity contribution in [3.63, 3.8) is 0 Å². The van der Waals surface area contributed by atoms with Gasteiger partial charge in [0.25, 0.3) is 11.6 Å². The molecule has 0 saturated heterocycles. The van der Waals surface area contributed by atoms with Crippen LogP contribution in [0.5, 0.6) is 0 Å². The van der Waals surface area contributed by atoms with Gasteiger partial charge >= 0.3 is 6.18 Å². The maximum absolute atomic E-state index is 12.9. The van der Waals surface area contributed by atoms with E-state index in [-0.39, 0.29) is 16.9 Å². The zero-order chi connectivity index (χ0) is 21.3. The van der Waals surface area contributed by atoms with Gasteiger partial charge in [0.15, 0.2) is 5.69 Å². The van der Waals surface area contributed by atoms with Gasteiger partial charge in [0.2, 0.25) is 0 Å². The van der Waals surface area contributed by atoms with Crippen molar-refractivity contribution in [2.45, 2.75) is 13.1 Å². The van der Waals surface area contributed by atoms with Crippen molar-refractivity contribution in [3.05, 3.63) is 80.6 Å². The molecule has 11 heteroatoms. The Balaban J connectivity index is 1.98. The minimum absolute atomic E-state index is 0.0451. The molecular weight excluding hydrogens is 413 g/mol. The highest BCUT2D eigenvalue weighted by molar-refractivity contribution is 6.30. The maximum atomic E-state index is 12.9. The molecule has 0 fully saturated rings. The van der Waals surface area contributed by atoms with Crippen molar-refractivity contribution in [1.29, 1.82) is 0 Å². The molecule has 150 valence electrons. The Kier molecular flexibility index (Phi) is 5.29. The Hall–Kier alpha value is -3.40. The number of rotatable bonds is 4. The van der Waals surface area contributed by atoms with Crippen molar-refractivity contribution >= 4 is 28.9 Å². The first-order valence-electron chi connectivity index (χ1n) is 8.06. The second-order valence-electron chi connectivity index (χ2n) is 6.00. The summed E-state index contributed by atoms with van der Waals surface area (Å²) in [6.07, 6.45) is -4.69. The van der Waals surface area contributed by atoms with Gasteiger partial charge in [-0.05, 0) is 49.4 Å². The van der Waals surface area contributed by atoms with E-state index < -0.39 is 28.4 Å². The molecule has 0 unspecified atom stereocenters. The quantitative estimate of drug-likeness (QED) is 0.470. The minimum Gasteiger partial charge on any atom is -0.322 e. The summed E-state index contributed by atoms with van der Waals surface area (Å²) in [6, 6.07) is 10.4. The van der Waals surface area contributed by atoms with E-state index in [0.717, 1.165) is 16.8 Å². The monoisotopic (exact) mass is 424 g/mol. The Morgan fingerprint density at radius 2 is 1.83 bits per heavy atom. The number of benzene rings is 2. The number of nitrogens with zero attached hydrogens (tertiary/aromatic N) is 3. The molecule has 0 radical (unpaired) electrons. The van der Waals surface area contributed by atoms with Crippen LogP contribution < -0.4 is 5.32 Å². The standard InChI is InChI=1S/C18H12ClF3N4O3/c1-10-8-16(18(20,21)22)24-25(10)14-7-2-11(9-15(14)26(28)29)17(27)23-13-5-3-12(19)4-6-13/h2-9H,1H3,(H,23,27). The average molecular weight is 425 g/mol. The van der Waals surface area contributed by atoms with Crippen LogP contribution in [0.15, 0.2) is 48.5 Å². The van der Waals surface area contributed by atoms with E-state index in [1.54, 1.807) is 24.3 Å². The number of carbonyl (C=O) groups excluding carboxylic acids is 1. The number of hydrogen-bond donors (Lipinski definition) is 1. The summed E-state index contributed by atoms with van der Waals surface area (Å²) in [6.45, 7) is 1.34. The van der Waals surface area contributed by atoms with Crippen molar-refractivity contribution in [2.75, 3.05) is 5.32 Å². The number of aromatic nitrogens is 2. The van der Waals surface area contributed by atoms with Crippen molar-refractivity contribution in [1.82, 2.24) is 9.78 Å². The summed E-state index contributed by atoms with van der Waals surface area (Å²) in [5, 5.41) is 17.9. The fraction of sp³-hybridized carbons (Fsp3) is 0.111. The van der Waals surface area contributed by atoms with Crippen LogP contribution in [0.3, 0.4) is 0 Å². The zero-order valence-electron chi connectivity index (χ0n) is 14.7. The first-order valence-corrected chi connectivity index (χ1v) is 8.43. The summed E-state index contributed by atoms with van der Waals surface area (Å²) in [5.74, 6) is -0.629. The highest BCUT2D eigenvalue weighted by Crippen LogP contribution is 2.31. The van der Waals surface area contributed by atoms with Gasteiger partial charge in [-0.1, -0.05) is 11.6 Å². The van der Waals surface area contributed by atoms with Crippen LogP contribution >= 0.6 is 11.6 Å². The molecule has 0 bridgehead atoms. The van der Waals surface area contributed by atoms with Gasteiger partial charge in [0.05, 0.1) is 4.92 Å². The predicted octanol–water partition coefficient (Wildman–Crippen LogP) is 5.01. The lowest BCUT2D eigenvalue weighted by Crippen LogP contribution is -2.13. The molecule has 1 N–H and O–H groups in total. The molecule has 0 saturated carbocycles. The van der Waals surface area contributed by atoms with Gasteiger partial charge in [-0.2, -0.15) is 18.3 Å². The van der Waals surface area contributed by atoms with E-state index in [1.165, 1.54) is 19.1 Å². The van der Waals surface area contributed by atoms with Crippen molar-refractivity contribution in [2.24, 2.45) is 0 Å². The van der Waals surface area contributed by atoms with E-state index in [9.17, 15) is 28.1 Å². The molecule has 0 aliphatic rings. The Morgan fingerprint density at radius 1 is 1.17 bits per heavy atom. The highest BCUT2D eigenvalue weighted by atomic mass is 35.5. The maximum Gasteiger partial charge on any atom is 0.435 e. The van der Waals surface area contributed by atoms with Gasteiger partial charge < -0.3 is 5.32 Å². The summed E-state index contributed by atoms with van der Waals surface area (Å²) < 4.78 is 39.5. The number of halogens is 4. The number of hydrogen-bond acceptors (Lipinski definition) is 4. The summed E-state index contributed by atoms with van der Waals surface area (Å²) in [4.78, 5) is 23.1. The average Bonchev–Trinajstić information content (AvgIpc) is 3.05. The molecule has 2 aromatic carbocycles. The van der Waals surface area contributed by atoms with Crippen LogP contribution in [0.25, 0.3) is 5.69 Å². The first kappa shape index (κ1) is 20.3. The Morgan fingerprint density at radius 3 is 2.38 bits per heavy atom. The molecule has 0 aliphatic carbocycles. The molecule has 0 spiro atoms. The van der Waals surface area contributed by atoms with Crippen LogP contribution in [0, 0.1) is 17.0 Å². The van der Waals surface area contributed by atoms with Crippen molar-refractivity contribution in [3.8, 4) is 5.69 Å². The zero-order valence-corrected chi connectivity index (χ0v) is 15.5. The van der Waals surface area contributed by atoms with Gasteiger partial charge in [0, 0.05) is 28.0 Å². The largest absolute Gasteiger partial charge is 0.435 e. The molecule has 1 amide bonds. The summed E-state index contributed by atoms with van der Waals surface area (Å²) >= 11 is 5.77. The number of carbonyl (C=O) groups is 1. The van der Waals surface area contributed by atoms with Crippen molar-refractivity contribution < 1.29 is 22.9 Å². The SMILES string of the molecule is Cc1cc(C(F)(F)F)nn1-c1ccc(C(=O)Nc2ccc(Cl)cc2)cc1[N+](=O)[O-]. The molecule has 1 aromatic heterocycles. The van der Waals surface area contributed by atoms with Gasteiger partial charge in [-0.25, -0.2) is 4.68 Å². The normalized spacial score (nSPS) is 11.3. The summed E-state index contributed by atoms with van der Waals surface area (Å²) in [5.41, 5.74) is -1.49. The molecular formula is C18H12ClF3N4O3. The number of amides is 1. The smallest absolute Gasteiger partial charge is 0.322 e. The first-order chi connectivity index (χ1) is 13.6. The molecule has 7 nitrogen and oxygen atoms in total. The number of alkyl halides is 3. The van der Waals surface area contributed by atoms with E-state index in [0.29, 0.717) is 10.7 Å². The number of aryl methyl sites for hydroxylation is 1. The molecule has 0 aliphatic heterocycles. The Labute approximate surface area is 166 Å². The fourth-order valence-electron chi connectivity index (χ4n) is 2.58. The van der Waals surface area contributed by atoms with Crippen LogP contribution in [-0.4, -0.2) is 20.6 Å². The number of nitrogens with one attached hydrogen (secondary N) is 1. The van der Waals surface area contributed by atoms with Gasteiger partial charge in [0.1, 0.15) is 5.69 Å². The minimum atomic E-state index is -4.69. The summed E-state index contributed by atoms with van der Waals surface area (Å²) in [7, 11) is 0. The van der Waals surface area contributed by atoms with Gasteiger partial charge in [-0.3, -0.25) is 14.9 Å². The lowest BCUT2D eigenvalue weighted by Gasteiger charge is -2.09. The molecule has 29 heavy (non-hydrogen) atoms.